The van der Waals surface area contributed by atoms with Gasteiger partial charge < -0.3 is 10.4 Å². The Bertz CT molecular complexity index is 498. The summed E-state index contributed by atoms with van der Waals surface area (Å²) in [5, 5.41) is 12.1. The zero-order valence-corrected chi connectivity index (χ0v) is 12.3. The van der Waals surface area contributed by atoms with Crippen LogP contribution in [-0.2, 0) is 11.2 Å². The third kappa shape index (κ3) is 3.26. The summed E-state index contributed by atoms with van der Waals surface area (Å²) in [7, 11) is 0. The van der Waals surface area contributed by atoms with Gasteiger partial charge in [-0.1, -0.05) is 18.2 Å². The molecule has 1 unspecified atom stereocenters. The van der Waals surface area contributed by atoms with Crippen LogP contribution in [0.4, 0.5) is 5.69 Å². The fourth-order valence-corrected chi connectivity index (χ4v) is 3.29. The first-order valence-corrected chi connectivity index (χ1v) is 7.74. The van der Waals surface area contributed by atoms with Gasteiger partial charge in [0.05, 0.1) is 12.6 Å². The number of amides is 1. The SMILES string of the molecule is O=C1Nc2ccccc2CCC1N1CCN(CCO)CC1. The number of aliphatic hydroxyl groups is 1. The maximum absolute atomic E-state index is 12.5. The van der Waals surface area contributed by atoms with E-state index in [1.807, 2.05) is 18.2 Å². The Balaban J connectivity index is 1.64. The van der Waals surface area contributed by atoms with E-state index in [1.165, 1.54) is 5.56 Å². The van der Waals surface area contributed by atoms with Crippen LogP contribution >= 0.6 is 0 Å². The Morgan fingerprint density at radius 3 is 2.71 bits per heavy atom. The van der Waals surface area contributed by atoms with Gasteiger partial charge in [-0.2, -0.15) is 0 Å². The van der Waals surface area contributed by atoms with E-state index in [0.29, 0.717) is 0 Å². The van der Waals surface area contributed by atoms with Crippen LogP contribution in [0.3, 0.4) is 0 Å². The zero-order valence-electron chi connectivity index (χ0n) is 12.3. The third-order valence-electron chi connectivity index (χ3n) is 4.53. The summed E-state index contributed by atoms with van der Waals surface area (Å²) in [6.07, 6.45) is 1.82. The zero-order chi connectivity index (χ0) is 14.7. The van der Waals surface area contributed by atoms with Crippen molar-refractivity contribution in [2.24, 2.45) is 0 Å². The number of aliphatic hydroxyl groups excluding tert-OH is 1. The van der Waals surface area contributed by atoms with Gasteiger partial charge in [0.15, 0.2) is 0 Å². The highest BCUT2D eigenvalue weighted by molar-refractivity contribution is 5.96. The number of benzene rings is 1. The molecule has 1 amide bonds. The molecule has 5 nitrogen and oxygen atoms in total. The van der Waals surface area contributed by atoms with E-state index in [-0.39, 0.29) is 18.6 Å². The minimum Gasteiger partial charge on any atom is -0.395 e. The largest absolute Gasteiger partial charge is 0.395 e. The number of β-amino-alcohol motifs (C(OH)–C–C–N with tert-alkyl or cyclic N) is 1. The van der Waals surface area contributed by atoms with Crippen LogP contribution in [-0.4, -0.2) is 66.2 Å². The Morgan fingerprint density at radius 2 is 1.95 bits per heavy atom. The molecule has 114 valence electrons. The number of carbonyl (C=O) groups is 1. The lowest BCUT2D eigenvalue weighted by atomic mass is 10.0. The second-order valence-corrected chi connectivity index (χ2v) is 5.80. The van der Waals surface area contributed by atoms with Gasteiger partial charge in [-0.15, -0.1) is 0 Å². The fourth-order valence-electron chi connectivity index (χ4n) is 3.29. The number of piperazine rings is 1. The van der Waals surface area contributed by atoms with Gasteiger partial charge in [0.2, 0.25) is 5.91 Å². The number of hydrogen-bond donors (Lipinski definition) is 2. The molecule has 2 heterocycles. The quantitative estimate of drug-likeness (QED) is 0.853. The maximum atomic E-state index is 12.5. The predicted octanol–water partition coefficient (Wildman–Crippen LogP) is 0.550. The van der Waals surface area contributed by atoms with Crippen LogP contribution in [0.15, 0.2) is 24.3 Å². The number of aryl methyl sites for hydroxylation is 1. The molecule has 2 N–H and O–H groups in total. The lowest BCUT2D eigenvalue weighted by Gasteiger charge is -2.38. The van der Waals surface area contributed by atoms with E-state index in [1.54, 1.807) is 0 Å². The highest BCUT2D eigenvalue weighted by Crippen LogP contribution is 2.24. The molecule has 0 aliphatic carbocycles. The minimum atomic E-state index is -0.0336. The monoisotopic (exact) mass is 289 g/mol. The first kappa shape index (κ1) is 14.5. The number of nitrogens with one attached hydrogen (secondary N) is 1. The molecule has 0 radical (unpaired) electrons. The third-order valence-corrected chi connectivity index (χ3v) is 4.53. The molecule has 1 aromatic rings. The fraction of sp³-hybridized carbons (Fsp3) is 0.562. The van der Waals surface area contributed by atoms with Crippen molar-refractivity contribution in [1.29, 1.82) is 0 Å². The number of nitrogens with zero attached hydrogens (tertiary/aromatic N) is 2. The number of carbonyl (C=O) groups excluding carboxylic acids is 1. The van der Waals surface area contributed by atoms with E-state index in [9.17, 15) is 4.79 Å². The van der Waals surface area contributed by atoms with Gasteiger partial charge in [-0.25, -0.2) is 0 Å². The van der Waals surface area contributed by atoms with Crippen LogP contribution < -0.4 is 5.32 Å². The van der Waals surface area contributed by atoms with Crippen molar-refractivity contribution in [1.82, 2.24) is 9.80 Å². The average molecular weight is 289 g/mol. The summed E-state index contributed by atoms with van der Waals surface area (Å²) in [6, 6.07) is 8.03. The summed E-state index contributed by atoms with van der Waals surface area (Å²) in [6.45, 7) is 4.59. The summed E-state index contributed by atoms with van der Waals surface area (Å²) >= 11 is 0. The van der Waals surface area contributed by atoms with E-state index in [2.05, 4.69) is 21.2 Å². The van der Waals surface area contributed by atoms with E-state index in [4.69, 9.17) is 5.11 Å². The normalized spacial score (nSPS) is 24.2. The van der Waals surface area contributed by atoms with Crippen LogP contribution in [0.25, 0.3) is 0 Å². The van der Waals surface area contributed by atoms with Crippen molar-refractivity contribution in [3.8, 4) is 0 Å². The molecule has 1 atom stereocenters. The maximum Gasteiger partial charge on any atom is 0.241 e. The standard InChI is InChI=1S/C16H23N3O2/c20-12-11-18-7-9-19(10-8-18)15-6-5-13-3-1-2-4-14(13)17-16(15)21/h1-4,15,20H,5-12H2,(H,17,21). The second kappa shape index (κ2) is 6.56. The first-order chi connectivity index (χ1) is 10.3. The van der Waals surface area contributed by atoms with Crippen LogP contribution in [0, 0.1) is 0 Å². The minimum absolute atomic E-state index is 0.0336. The van der Waals surface area contributed by atoms with Crippen molar-refractivity contribution in [3.05, 3.63) is 29.8 Å². The molecule has 0 aromatic heterocycles. The topological polar surface area (TPSA) is 55.8 Å². The Hall–Kier alpha value is -1.43. The van der Waals surface area contributed by atoms with Crippen LogP contribution in [0.5, 0.6) is 0 Å². The second-order valence-electron chi connectivity index (χ2n) is 5.80. The molecule has 0 saturated carbocycles. The number of fused-ring (bicyclic) bond motifs is 1. The molecular weight excluding hydrogens is 266 g/mol. The Morgan fingerprint density at radius 1 is 1.19 bits per heavy atom. The first-order valence-electron chi connectivity index (χ1n) is 7.74. The van der Waals surface area contributed by atoms with Crippen molar-refractivity contribution in [2.75, 3.05) is 44.6 Å². The van der Waals surface area contributed by atoms with Crippen molar-refractivity contribution >= 4 is 11.6 Å². The molecule has 1 saturated heterocycles. The van der Waals surface area contributed by atoms with Gasteiger partial charge in [-0.05, 0) is 24.5 Å². The average Bonchev–Trinajstić information content (AvgIpc) is 2.67. The Labute approximate surface area is 125 Å². The molecule has 5 heteroatoms. The summed E-state index contributed by atoms with van der Waals surface area (Å²) in [4.78, 5) is 17.0. The van der Waals surface area contributed by atoms with E-state index in [0.717, 1.165) is 51.3 Å². The summed E-state index contributed by atoms with van der Waals surface area (Å²) in [5.74, 6) is 0.121. The molecular formula is C16H23N3O2. The summed E-state index contributed by atoms with van der Waals surface area (Å²) < 4.78 is 0. The highest BCUT2D eigenvalue weighted by atomic mass is 16.3. The lowest BCUT2D eigenvalue weighted by Crippen LogP contribution is -2.53. The predicted molar refractivity (Wildman–Crippen MR) is 82.3 cm³/mol. The smallest absolute Gasteiger partial charge is 0.241 e. The lowest BCUT2D eigenvalue weighted by molar-refractivity contribution is -0.122. The molecule has 0 spiro atoms. The van der Waals surface area contributed by atoms with Gasteiger partial charge in [0.1, 0.15) is 0 Å². The molecule has 3 rings (SSSR count). The molecule has 21 heavy (non-hydrogen) atoms. The number of rotatable bonds is 3. The molecule has 2 aliphatic rings. The van der Waals surface area contributed by atoms with Crippen molar-refractivity contribution in [3.63, 3.8) is 0 Å². The van der Waals surface area contributed by atoms with Gasteiger partial charge in [-0.3, -0.25) is 14.6 Å². The van der Waals surface area contributed by atoms with E-state index >= 15 is 0 Å². The summed E-state index contributed by atoms with van der Waals surface area (Å²) in [5.41, 5.74) is 2.19. The number of para-hydroxylation sites is 1. The molecule has 2 aliphatic heterocycles. The number of anilines is 1. The van der Waals surface area contributed by atoms with Gasteiger partial charge >= 0.3 is 0 Å². The van der Waals surface area contributed by atoms with Crippen LogP contribution in [0.1, 0.15) is 12.0 Å². The molecule has 0 bridgehead atoms. The molecule has 1 fully saturated rings. The van der Waals surface area contributed by atoms with Crippen molar-refractivity contribution < 1.29 is 9.90 Å². The Kier molecular flexibility index (Phi) is 4.53. The van der Waals surface area contributed by atoms with Crippen molar-refractivity contribution in [2.45, 2.75) is 18.9 Å². The van der Waals surface area contributed by atoms with E-state index < -0.39 is 0 Å². The van der Waals surface area contributed by atoms with Gasteiger partial charge in [0, 0.05) is 38.4 Å². The van der Waals surface area contributed by atoms with Gasteiger partial charge in [0.25, 0.3) is 0 Å². The highest BCUT2D eigenvalue weighted by Gasteiger charge is 2.30. The number of hydrogen-bond acceptors (Lipinski definition) is 4. The van der Waals surface area contributed by atoms with Crippen LogP contribution in [0.2, 0.25) is 0 Å². The molecule has 1 aromatic carbocycles.